The van der Waals surface area contributed by atoms with E-state index in [0.29, 0.717) is 21.8 Å². The molecule has 0 heterocycles. The number of ether oxygens (including phenoxy) is 1. The fourth-order valence-corrected chi connectivity index (χ4v) is 3.99. The molecule has 0 saturated heterocycles. The molecule has 1 atom stereocenters. The van der Waals surface area contributed by atoms with Gasteiger partial charge in [0.1, 0.15) is 0 Å². The molecule has 0 aliphatic heterocycles. The van der Waals surface area contributed by atoms with Gasteiger partial charge in [0, 0.05) is 16.3 Å². The number of amides is 2. The van der Waals surface area contributed by atoms with Crippen LogP contribution in [0.15, 0.2) is 71.6 Å². The van der Waals surface area contributed by atoms with E-state index in [0.717, 1.165) is 11.1 Å². The number of esters is 1. The van der Waals surface area contributed by atoms with Crippen molar-refractivity contribution < 1.29 is 19.1 Å². The summed E-state index contributed by atoms with van der Waals surface area (Å²) in [4.78, 5) is 38.3. The van der Waals surface area contributed by atoms with E-state index < -0.39 is 18.0 Å². The lowest BCUT2D eigenvalue weighted by Gasteiger charge is -2.16. The maximum Gasteiger partial charge on any atom is 0.340 e. The van der Waals surface area contributed by atoms with Gasteiger partial charge in [-0.2, -0.15) is 5.26 Å². The van der Waals surface area contributed by atoms with Crippen LogP contribution < -0.4 is 10.6 Å². The van der Waals surface area contributed by atoms with Gasteiger partial charge in [0.25, 0.3) is 5.91 Å². The molecule has 2 amide bonds. The van der Waals surface area contributed by atoms with E-state index in [4.69, 9.17) is 10.00 Å². The second kappa shape index (κ2) is 11.9. The summed E-state index contributed by atoms with van der Waals surface area (Å²) in [6.07, 6.45) is -1.02. The van der Waals surface area contributed by atoms with E-state index in [2.05, 4.69) is 10.6 Å². The van der Waals surface area contributed by atoms with Crippen molar-refractivity contribution in [1.82, 2.24) is 0 Å². The number of hydrogen-bond acceptors (Lipinski definition) is 6. The van der Waals surface area contributed by atoms with Gasteiger partial charge in [0.15, 0.2) is 6.10 Å². The third kappa shape index (κ3) is 7.19. The van der Waals surface area contributed by atoms with Crippen LogP contribution in [0.2, 0.25) is 0 Å². The Morgan fingerprint density at radius 1 is 1.00 bits per heavy atom. The first kappa shape index (κ1) is 25.5. The van der Waals surface area contributed by atoms with Crippen LogP contribution >= 0.6 is 11.8 Å². The van der Waals surface area contributed by atoms with Crippen LogP contribution in [-0.2, 0) is 14.3 Å². The first-order valence-electron chi connectivity index (χ1n) is 10.9. The highest BCUT2D eigenvalue weighted by molar-refractivity contribution is 8.00. The highest BCUT2D eigenvalue weighted by Gasteiger charge is 2.22. The Morgan fingerprint density at radius 2 is 1.77 bits per heavy atom. The number of nitrogens with zero attached hydrogens (tertiary/aromatic N) is 1. The lowest BCUT2D eigenvalue weighted by Crippen LogP contribution is -2.30. The normalized spacial score (nSPS) is 11.1. The average molecular weight is 488 g/mol. The Hall–Kier alpha value is -4.09. The summed E-state index contributed by atoms with van der Waals surface area (Å²) in [6.45, 7) is 5.32. The lowest BCUT2D eigenvalue weighted by molar-refractivity contribution is -0.123. The molecule has 0 aromatic heterocycles. The summed E-state index contributed by atoms with van der Waals surface area (Å²) in [7, 11) is 0. The zero-order valence-electron chi connectivity index (χ0n) is 19.6. The molecule has 0 saturated carbocycles. The van der Waals surface area contributed by atoms with E-state index in [1.165, 1.54) is 18.7 Å². The predicted octanol–water partition coefficient (Wildman–Crippen LogP) is 5.09. The maximum absolute atomic E-state index is 12.8. The van der Waals surface area contributed by atoms with E-state index >= 15 is 0 Å². The first-order valence-corrected chi connectivity index (χ1v) is 11.9. The number of thioether (sulfide) groups is 1. The third-order valence-electron chi connectivity index (χ3n) is 5.05. The van der Waals surface area contributed by atoms with Crippen LogP contribution in [0.1, 0.15) is 34.0 Å². The summed E-state index contributed by atoms with van der Waals surface area (Å²) in [5.74, 6) is -1.33. The van der Waals surface area contributed by atoms with Crippen LogP contribution in [0.3, 0.4) is 0 Å². The lowest BCUT2D eigenvalue weighted by atomic mass is 10.1. The van der Waals surface area contributed by atoms with Gasteiger partial charge in [-0.25, -0.2) is 4.79 Å². The number of aryl methyl sites for hydroxylation is 2. The van der Waals surface area contributed by atoms with Crippen molar-refractivity contribution >= 4 is 40.9 Å². The van der Waals surface area contributed by atoms with Crippen molar-refractivity contribution in [3.05, 3.63) is 89.0 Å². The van der Waals surface area contributed by atoms with Crippen molar-refractivity contribution in [2.75, 3.05) is 16.4 Å². The van der Waals surface area contributed by atoms with Gasteiger partial charge >= 0.3 is 5.97 Å². The summed E-state index contributed by atoms with van der Waals surface area (Å²) in [5, 5.41) is 14.5. The average Bonchev–Trinajstić information content (AvgIpc) is 2.85. The Balaban J connectivity index is 1.60. The van der Waals surface area contributed by atoms with E-state index in [1.54, 1.807) is 48.5 Å². The SMILES string of the molecule is Cc1ccc(C)c(NC(=O)C(C)OC(=O)c2ccccc2SCC(=O)Nc2cccc(C#N)c2)c1. The Kier molecular flexibility index (Phi) is 8.65. The van der Waals surface area contributed by atoms with E-state index in [-0.39, 0.29) is 17.2 Å². The van der Waals surface area contributed by atoms with Crippen molar-refractivity contribution in [1.29, 1.82) is 5.26 Å². The molecule has 0 spiro atoms. The second-order valence-corrected chi connectivity index (χ2v) is 8.90. The zero-order valence-corrected chi connectivity index (χ0v) is 20.4. The number of nitriles is 1. The largest absolute Gasteiger partial charge is 0.449 e. The molecule has 3 aromatic rings. The van der Waals surface area contributed by atoms with Crippen LogP contribution in [0.5, 0.6) is 0 Å². The molecule has 1 unspecified atom stereocenters. The van der Waals surface area contributed by atoms with Gasteiger partial charge in [-0.05, 0) is 68.3 Å². The van der Waals surface area contributed by atoms with Gasteiger partial charge in [0.2, 0.25) is 5.91 Å². The molecule has 0 bridgehead atoms. The van der Waals surface area contributed by atoms with Gasteiger partial charge in [0.05, 0.1) is 22.9 Å². The minimum absolute atomic E-state index is 0.0454. The molecule has 2 N–H and O–H groups in total. The van der Waals surface area contributed by atoms with E-state index in [1.807, 2.05) is 38.1 Å². The third-order valence-corrected chi connectivity index (χ3v) is 6.12. The molecule has 0 fully saturated rings. The quantitative estimate of drug-likeness (QED) is 0.338. The Labute approximate surface area is 208 Å². The molecule has 3 rings (SSSR count). The van der Waals surface area contributed by atoms with Gasteiger partial charge in [-0.1, -0.05) is 30.3 Å². The molecule has 178 valence electrons. The van der Waals surface area contributed by atoms with Crippen LogP contribution in [0.25, 0.3) is 0 Å². The van der Waals surface area contributed by atoms with Gasteiger partial charge in [-0.3, -0.25) is 9.59 Å². The summed E-state index contributed by atoms with van der Waals surface area (Å²) in [6, 6.07) is 21.1. The fourth-order valence-electron chi connectivity index (χ4n) is 3.15. The standard InChI is InChI=1S/C27H25N3O4S/c1-17-11-12-18(2)23(13-17)30-26(32)19(3)34-27(33)22-9-4-5-10-24(22)35-16-25(31)29-21-8-6-7-20(14-21)15-28/h4-14,19H,16H2,1-3H3,(H,29,31)(H,30,32). The molecule has 7 nitrogen and oxygen atoms in total. The predicted molar refractivity (Wildman–Crippen MR) is 136 cm³/mol. The number of benzene rings is 3. The monoisotopic (exact) mass is 487 g/mol. The summed E-state index contributed by atoms with van der Waals surface area (Å²) < 4.78 is 5.41. The van der Waals surface area contributed by atoms with Crippen LogP contribution in [0, 0.1) is 25.2 Å². The minimum atomic E-state index is -1.02. The molecule has 8 heteroatoms. The van der Waals surface area contributed by atoms with Crippen molar-refractivity contribution in [2.45, 2.75) is 31.8 Å². The van der Waals surface area contributed by atoms with E-state index in [9.17, 15) is 14.4 Å². The summed E-state index contributed by atoms with van der Waals surface area (Å²) in [5.41, 5.74) is 3.80. The number of carbonyl (C=O) groups excluding carboxylic acids is 3. The van der Waals surface area contributed by atoms with Crippen LogP contribution in [0.4, 0.5) is 11.4 Å². The number of anilines is 2. The van der Waals surface area contributed by atoms with Crippen LogP contribution in [-0.4, -0.2) is 29.6 Å². The number of hydrogen-bond donors (Lipinski definition) is 2. The van der Waals surface area contributed by atoms with Gasteiger partial charge < -0.3 is 15.4 Å². The fraction of sp³-hybridized carbons (Fsp3) is 0.185. The zero-order chi connectivity index (χ0) is 25.4. The smallest absolute Gasteiger partial charge is 0.340 e. The molecule has 0 aliphatic rings. The second-order valence-electron chi connectivity index (χ2n) is 7.88. The Morgan fingerprint density at radius 3 is 2.54 bits per heavy atom. The highest BCUT2D eigenvalue weighted by Crippen LogP contribution is 2.24. The number of nitrogens with one attached hydrogen (secondary N) is 2. The van der Waals surface area contributed by atoms with Gasteiger partial charge in [-0.15, -0.1) is 11.8 Å². The molecule has 3 aromatic carbocycles. The molecular weight excluding hydrogens is 462 g/mol. The van der Waals surface area contributed by atoms with Crippen molar-refractivity contribution in [3.63, 3.8) is 0 Å². The molecule has 0 radical (unpaired) electrons. The Bertz CT molecular complexity index is 1300. The highest BCUT2D eigenvalue weighted by atomic mass is 32.2. The topological polar surface area (TPSA) is 108 Å². The molecule has 0 aliphatic carbocycles. The van der Waals surface area contributed by atoms with Crippen molar-refractivity contribution in [3.8, 4) is 6.07 Å². The van der Waals surface area contributed by atoms with Crippen molar-refractivity contribution in [2.24, 2.45) is 0 Å². The molecular formula is C27H25N3O4S. The number of rotatable bonds is 8. The number of carbonyl (C=O) groups is 3. The minimum Gasteiger partial charge on any atom is -0.449 e. The first-order chi connectivity index (χ1) is 16.8. The molecule has 35 heavy (non-hydrogen) atoms. The maximum atomic E-state index is 12.8. The summed E-state index contributed by atoms with van der Waals surface area (Å²) >= 11 is 1.18.